The summed E-state index contributed by atoms with van der Waals surface area (Å²) in [7, 11) is 0. The molecule has 0 aromatic heterocycles. The Balaban J connectivity index is 2.41. The van der Waals surface area contributed by atoms with Gasteiger partial charge in [-0.15, -0.1) is 0 Å². The lowest BCUT2D eigenvalue weighted by atomic mass is 10.2. The smallest absolute Gasteiger partial charge is 0.123 e. The second-order valence-electron chi connectivity index (χ2n) is 4.34. The van der Waals surface area contributed by atoms with Gasteiger partial charge in [0.05, 0.1) is 3.70 Å². The fraction of sp³-hybridized carbons (Fsp3) is 0.500. The summed E-state index contributed by atoms with van der Waals surface area (Å²) in [5.41, 5.74) is 1.45. The van der Waals surface area contributed by atoms with Gasteiger partial charge in [-0.05, 0) is 48.3 Å². The maximum atomic E-state index is 7.70. The monoisotopic (exact) mass is 380 g/mol. The molecule has 0 heterocycles. The third-order valence-electron chi connectivity index (χ3n) is 2.56. The first kappa shape index (κ1) is 15.5. The van der Waals surface area contributed by atoms with Crippen molar-refractivity contribution in [3.63, 3.8) is 0 Å². The summed E-state index contributed by atoms with van der Waals surface area (Å²) in [4.78, 5) is 0. The van der Waals surface area contributed by atoms with Crippen LogP contribution in [0.25, 0.3) is 0 Å². The molecule has 1 aliphatic carbocycles. The Morgan fingerprint density at radius 3 is 2.61 bits per heavy atom. The first-order chi connectivity index (χ1) is 8.49. The van der Waals surface area contributed by atoms with E-state index in [4.69, 9.17) is 22.4 Å². The zero-order valence-corrected chi connectivity index (χ0v) is 13.2. The summed E-state index contributed by atoms with van der Waals surface area (Å²) in [6.07, 6.45) is 6.08. The van der Waals surface area contributed by atoms with Crippen molar-refractivity contribution in [2.45, 2.75) is 19.8 Å². The van der Waals surface area contributed by atoms with E-state index in [0.29, 0.717) is 12.3 Å². The lowest BCUT2D eigenvalue weighted by Gasteiger charge is -2.09. The molecule has 1 fully saturated rings. The molecule has 0 amide bonds. The second-order valence-corrected chi connectivity index (χ2v) is 5.91. The van der Waals surface area contributed by atoms with Crippen LogP contribution < -0.4 is 10.6 Å². The number of halogens is 2. The molecule has 0 aromatic rings. The number of rotatable bonds is 8. The van der Waals surface area contributed by atoms with Gasteiger partial charge in [-0.1, -0.05) is 11.6 Å². The van der Waals surface area contributed by atoms with E-state index < -0.39 is 0 Å². The molecule has 6 heteroatoms. The van der Waals surface area contributed by atoms with Crippen molar-refractivity contribution in [1.82, 2.24) is 10.6 Å². The summed E-state index contributed by atoms with van der Waals surface area (Å²) in [6.45, 7) is 3.33. The van der Waals surface area contributed by atoms with Crippen molar-refractivity contribution in [3.05, 3.63) is 21.6 Å². The average molecular weight is 381 g/mol. The third-order valence-corrected chi connectivity index (χ3v) is 3.36. The van der Waals surface area contributed by atoms with E-state index in [9.17, 15) is 0 Å². The maximum Gasteiger partial charge on any atom is 0.123 e. The van der Waals surface area contributed by atoms with Crippen LogP contribution >= 0.6 is 34.2 Å². The highest BCUT2D eigenvalue weighted by molar-refractivity contribution is 14.1. The Bertz CT molecular complexity index is 386. The molecule has 0 aromatic carbocycles. The lowest BCUT2D eigenvalue weighted by molar-refractivity contribution is 0.742. The quantitative estimate of drug-likeness (QED) is 0.297. The zero-order chi connectivity index (χ0) is 13.5. The molecule has 0 unspecified atom stereocenters. The van der Waals surface area contributed by atoms with Crippen LogP contribution in [0, 0.1) is 16.7 Å². The summed E-state index contributed by atoms with van der Waals surface area (Å²) in [5.74, 6) is 0.818. The van der Waals surface area contributed by atoms with E-state index in [-0.39, 0.29) is 5.17 Å². The molecule has 4 nitrogen and oxygen atoms in total. The first-order valence-corrected chi connectivity index (χ1v) is 7.27. The largest absolute Gasteiger partial charge is 0.390 e. The summed E-state index contributed by atoms with van der Waals surface area (Å²) in [6, 6.07) is 0. The molecule has 100 valence electrons. The molecule has 1 saturated carbocycles. The van der Waals surface area contributed by atoms with Crippen LogP contribution in [-0.2, 0) is 0 Å². The van der Waals surface area contributed by atoms with Gasteiger partial charge in [-0.2, -0.15) is 0 Å². The fourth-order valence-electron chi connectivity index (χ4n) is 1.30. The predicted molar refractivity (Wildman–Crippen MR) is 85.9 cm³/mol. The van der Waals surface area contributed by atoms with Gasteiger partial charge in [0.15, 0.2) is 0 Å². The minimum absolute atomic E-state index is 0.00383. The minimum Gasteiger partial charge on any atom is -0.390 e. The van der Waals surface area contributed by atoms with E-state index >= 15 is 0 Å². The van der Waals surface area contributed by atoms with Gasteiger partial charge in [-0.3, -0.25) is 5.41 Å². The Hall–Kier alpha value is -0.560. The first-order valence-electron chi connectivity index (χ1n) is 5.82. The van der Waals surface area contributed by atoms with Crippen molar-refractivity contribution in [1.29, 1.82) is 10.8 Å². The molecule has 0 atom stereocenters. The van der Waals surface area contributed by atoms with Gasteiger partial charge in [0.2, 0.25) is 0 Å². The standard InChI is InChI=1S/C12H18ClIN4/c1-8(15)10(6-17-5-9-2-3-9)7-18-12(14)4-11(13)16/h4,6,9,15-18H,2-3,5,7H2,1H3/b10-6-,12-4-,15-8?,16-11?. The maximum absolute atomic E-state index is 7.70. The number of hydrogen-bond acceptors (Lipinski definition) is 4. The third kappa shape index (κ3) is 7.00. The molecule has 1 aliphatic rings. The van der Waals surface area contributed by atoms with Crippen molar-refractivity contribution in [2.24, 2.45) is 5.92 Å². The van der Waals surface area contributed by atoms with Gasteiger partial charge >= 0.3 is 0 Å². The number of allylic oxidation sites excluding steroid dienone is 1. The van der Waals surface area contributed by atoms with Crippen molar-refractivity contribution >= 4 is 45.1 Å². The highest BCUT2D eigenvalue weighted by Gasteiger charge is 2.19. The van der Waals surface area contributed by atoms with E-state index in [1.165, 1.54) is 18.9 Å². The molecule has 18 heavy (non-hydrogen) atoms. The topological polar surface area (TPSA) is 71.8 Å². The zero-order valence-electron chi connectivity index (χ0n) is 10.3. The minimum atomic E-state index is -0.00383. The number of nitrogens with one attached hydrogen (secondary N) is 4. The van der Waals surface area contributed by atoms with Gasteiger partial charge in [0.1, 0.15) is 5.17 Å². The van der Waals surface area contributed by atoms with Crippen molar-refractivity contribution < 1.29 is 0 Å². The lowest BCUT2D eigenvalue weighted by Crippen LogP contribution is -2.20. The molecule has 1 rings (SSSR count). The average Bonchev–Trinajstić information content (AvgIpc) is 3.05. The summed E-state index contributed by atoms with van der Waals surface area (Å²) < 4.78 is 0.793. The molecule has 0 saturated heterocycles. The van der Waals surface area contributed by atoms with Crippen LogP contribution in [0.1, 0.15) is 19.8 Å². The van der Waals surface area contributed by atoms with Crippen molar-refractivity contribution in [3.8, 4) is 0 Å². The molecule has 4 N–H and O–H groups in total. The van der Waals surface area contributed by atoms with Gasteiger partial charge in [0, 0.05) is 36.7 Å². The van der Waals surface area contributed by atoms with E-state index in [2.05, 4.69) is 33.2 Å². The van der Waals surface area contributed by atoms with Gasteiger partial charge in [0.25, 0.3) is 0 Å². The van der Waals surface area contributed by atoms with Gasteiger partial charge in [-0.25, -0.2) is 0 Å². The number of hydrogen-bond donors (Lipinski definition) is 4. The van der Waals surface area contributed by atoms with E-state index in [1.54, 1.807) is 6.92 Å². The highest BCUT2D eigenvalue weighted by Crippen LogP contribution is 2.27. The van der Waals surface area contributed by atoms with Gasteiger partial charge < -0.3 is 16.0 Å². The van der Waals surface area contributed by atoms with E-state index in [1.807, 2.05) is 6.20 Å². The van der Waals surface area contributed by atoms with Crippen LogP contribution in [0.3, 0.4) is 0 Å². The molecule has 0 radical (unpaired) electrons. The Morgan fingerprint density at radius 1 is 1.44 bits per heavy atom. The molecular formula is C12H18ClIN4. The van der Waals surface area contributed by atoms with Crippen LogP contribution in [0.15, 0.2) is 21.6 Å². The molecule has 0 bridgehead atoms. The van der Waals surface area contributed by atoms with Crippen molar-refractivity contribution in [2.75, 3.05) is 13.1 Å². The summed E-state index contributed by atoms with van der Waals surface area (Å²) >= 11 is 7.55. The summed E-state index contributed by atoms with van der Waals surface area (Å²) in [5, 5.41) is 21.2. The Morgan fingerprint density at radius 2 is 2.11 bits per heavy atom. The predicted octanol–water partition coefficient (Wildman–Crippen LogP) is 2.99. The SMILES string of the molecule is CC(=N)/C(=C\NCC1CC1)CN/C(I)=C\C(=N)Cl. The van der Waals surface area contributed by atoms with Crippen LogP contribution in [0.5, 0.6) is 0 Å². The van der Waals surface area contributed by atoms with Crippen LogP contribution in [-0.4, -0.2) is 24.0 Å². The van der Waals surface area contributed by atoms with E-state index in [0.717, 1.165) is 21.7 Å². The highest BCUT2D eigenvalue weighted by atomic mass is 127. The normalized spacial score (nSPS) is 16.4. The molecule has 0 aliphatic heterocycles. The fourth-order valence-corrected chi connectivity index (χ4v) is 2.10. The second kappa shape index (κ2) is 7.78. The Labute approximate surface area is 126 Å². The Kier molecular flexibility index (Phi) is 6.70. The van der Waals surface area contributed by atoms with Crippen LogP contribution in [0.4, 0.5) is 0 Å². The molecular weight excluding hydrogens is 363 g/mol. The van der Waals surface area contributed by atoms with Crippen LogP contribution in [0.2, 0.25) is 0 Å². The molecule has 0 spiro atoms.